The number of nitrogens with one attached hydrogen (secondary N) is 2. The van der Waals surface area contributed by atoms with Crippen LogP contribution in [0.2, 0.25) is 10.0 Å². The molecule has 2 N–H and O–H groups in total. The van der Waals surface area contributed by atoms with E-state index in [4.69, 9.17) is 40.2 Å². The molecule has 0 saturated heterocycles. The number of thiocarbonyl (C=S) groups is 1. The molecule has 0 spiro atoms. The molecular formula is C18H18Cl2N2O2S. The monoisotopic (exact) mass is 396 g/mol. The molecule has 0 saturated carbocycles. The maximum atomic E-state index is 11.9. The Labute approximate surface area is 162 Å². The number of ether oxygens (including phenoxy) is 1. The molecule has 0 aliphatic heterocycles. The first-order valence-electron chi connectivity index (χ1n) is 7.69. The fourth-order valence-corrected chi connectivity index (χ4v) is 2.79. The van der Waals surface area contributed by atoms with Crippen molar-refractivity contribution in [2.45, 2.75) is 19.8 Å². The summed E-state index contributed by atoms with van der Waals surface area (Å²) in [5, 5.41) is 6.65. The van der Waals surface area contributed by atoms with Crippen molar-refractivity contribution in [3.63, 3.8) is 0 Å². The lowest BCUT2D eigenvalue weighted by molar-refractivity contribution is -0.119. The number of amides is 1. The molecule has 2 aromatic rings. The first kappa shape index (κ1) is 19.5. The van der Waals surface area contributed by atoms with Crippen LogP contribution in [0.5, 0.6) is 5.75 Å². The lowest BCUT2D eigenvalue weighted by Crippen LogP contribution is -2.34. The zero-order valence-electron chi connectivity index (χ0n) is 13.6. The Bertz CT molecular complexity index is 731. The zero-order chi connectivity index (χ0) is 18.2. The fourth-order valence-electron chi connectivity index (χ4n) is 2.03. The lowest BCUT2D eigenvalue weighted by atomic mass is 10.2. The van der Waals surface area contributed by atoms with Crippen molar-refractivity contribution in [3.05, 3.63) is 58.1 Å². The first-order valence-corrected chi connectivity index (χ1v) is 8.85. The Morgan fingerprint density at radius 1 is 1.12 bits per heavy atom. The van der Waals surface area contributed by atoms with Crippen molar-refractivity contribution >= 4 is 52.1 Å². The second-order valence-corrected chi connectivity index (χ2v) is 6.71. The van der Waals surface area contributed by atoms with Gasteiger partial charge in [0.1, 0.15) is 5.75 Å². The van der Waals surface area contributed by atoms with Gasteiger partial charge in [0.15, 0.2) is 5.11 Å². The van der Waals surface area contributed by atoms with E-state index in [0.717, 1.165) is 5.75 Å². The van der Waals surface area contributed by atoms with Gasteiger partial charge < -0.3 is 15.4 Å². The van der Waals surface area contributed by atoms with Gasteiger partial charge in [-0.25, -0.2) is 0 Å². The van der Waals surface area contributed by atoms with Gasteiger partial charge in [-0.1, -0.05) is 40.9 Å². The number of hydrogen-bond acceptors (Lipinski definition) is 3. The summed E-state index contributed by atoms with van der Waals surface area (Å²) in [7, 11) is 0. The van der Waals surface area contributed by atoms with Gasteiger partial charge in [0.05, 0.1) is 6.61 Å². The van der Waals surface area contributed by atoms with E-state index in [-0.39, 0.29) is 11.0 Å². The van der Waals surface area contributed by atoms with Crippen molar-refractivity contribution < 1.29 is 9.53 Å². The molecule has 0 radical (unpaired) electrons. The number of carbonyl (C=O) groups is 1. The summed E-state index contributed by atoms with van der Waals surface area (Å²) in [5.41, 5.74) is 1.79. The summed E-state index contributed by atoms with van der Waals surface area (Å²) >= 11 is 16.9. The SMILES string of the molecule is Cc1ccc(OCCCC(=O)NC(=S)Nc2cc(Cl)cc(Cl)c2)cc1. The van der Waals surface area contributed by atoms with Gasteiger partial charge in [-0.05, 0) is 55.9 Å². The predicted molar refractivity (Wildman–Crippen MR) is 107 cm³/mol. The molecule has 0 heterocycles. The fraction of sp³-hybridized carbons (Fsp3) is 0.222. The second kappa shape index (κ2) is 9.61. The van der Waals surface area contributed by atoms with Gasteiger partial charge in [-0.3, -0.25) is 4.79 Å². The van der Waals surface area contributed by atoms with Crippen LogP contribution >= 0.6 is 35.4 Å². The summed E-state index contributed by atoms with van der Waals surface area (Å²) in [5.74, 6) is 0.610. The smallest absolute Gasteiger partial charge is 0.226 e. The van der Waals surface area contributed by atoms with E-state index < -0.39 is 0 Å². The van der Waals surface area contributed by atoms with Crippen LogP contribution in [0.25, 0.3) is 0 Å². The van der Waals surface area contributed by atoms with Crippen LogP contribution in [0.4, 0.5) is 5.69 Å². The number of carbonyl (C=O) groups excluding carboxylic acids is 1. The Morgan fingerprint density at radius 2 is 1.76 bits per heavy atom. The molecule has 0 unspecified atom stereocenters. The molecule has 0 aromatic heterocycles. The van der Waals surface area contributed by atoms with Gasteiger partial charge in [0.2, 0.25) is 5.91 Å². The summed E-state index contributed by atoms with van der Waals surface area (Å²) in [6.45, 7) is 2.48. The van der Waals surface area contributed by atoms with Crippen molar-refractivity contribution in [2.75, 3.05) is 11.9 Å². The van der Waals surface area contributed by atoms with E-state index in [0.29, 0.717) is 35.2 Å². The molecule has 25 heavy (non-hydrogen) atoms. The van der Waals surface area contributed by atoms with Crippen LogP contribution in [0.3, 0.4) is 0 Å². The predicted octanol–water partition coefficient (Wildman–Crippen LogP) is 4.97. The largest absolute Gasteiger partial charge is 0.494 e. The lowest BCUT2D eigenvalue weighted by Gasteiger charge is -2.10. The highest BCUT2D eigenvalue weighted by molar-refractivity contribution is 7.80. The highest BCUT2D eigenvalue weighted by atomic mass is 35.5. The van der Waals surface area contributed by atoms with E-state index in [1.54, 1.807) is 18.2 Å². The van der Waals surface area contributed by atoms with Crippen LogP contribution in [-0.2, 0) is 4.79 Å². The van der Waals surface area contributed by atoms with Crippen molar-refractivity contribution in [1.29, 1.82) is 0 Å². The molecule has 132 valence electrons. The minimum absolute atomic E-state index is 0.182. The minimum atomic E-state index is -0.182. The first-order chi connectivity index (χ1) is 11.9. The Balaban J connectivity index is 1.68. The van der Waals surface area contributed by atoms with Crippen LogP contribution < -0.4 is 15.4 Å². The Morgan fingerprint density at radius 3 is 2.40 bits per heavy atom. The van der Waals surface area contributed by atoms with E-state index in [2.05, 4.69) is 10.6 Å². The van der Waals surface area contributed by atoms with E-state index in [1.807, 2.05) is 31.2 Å². The summed E-state index contributed by atoms with van der Waals surface area (Å²) in [6, 6.07) is 12.7. The number of rotatable bonds is 6. The molecule has 0 aliphatic rings. The van der Waals surface area contributed by atoms with Gasteiger partial charge in [0, 0.05) is 22.2 Å². The molecule has 2 aromatic carbocycles. The summed E-state index contributed by atoms with van der Waals surface area (Å²) in [4.78, 5) is 11.9. The molecule has 7 heteroatoms. The topological polar surface area (TPSA) is 50.4 Å². The van der Waals surface area contributed by atoms with Gasteiger partial charge in [-0.2, -0.15) is 0 Å². The number of hydrogen-bond donors (Lipinski definition) is 2. The summed E-state index contributed by atoms with van der Waals surface area (Å²) in [6.07, 6.45) is 0.898. The summed E-state index contributed by atoms with van der Waals surface area (Å²) < 4.78 is 5.58. The van der Waals surface area contributed by atoms with Gasteiger partial charge in [0.25, 0.3) is 0 Å². The quantitative estimate of drug-likeness (QED) is 0.534. The third-order valence-electron chi connectivity index (χ3n) is 3.21. The third kappa shape index (κ3) is 7.30. The van der Waals surface area contributed by atoms with Crippen molar-refractivity contribution in [3.8, 4) is 5.75 Å². The molecule has 0 bridgehead atoms. The van der Waals surface area contributed by atoms with Gasteiger partial charge in [-0.15, -0.1) is 0 Å². The van der Waals surface area contributed by atoms with Crippen molar-refractivity contribution in [1.82, 2.24) is 5.32 Å². The number of halogens is 2. The van der Waals surface area contributed by atoms with E-state index in [9.17, 15) is 4.79 Å². The molecule has 0 atom stereocenters. The Hall–Kier alpha value is -1.82. The molecule has 2 rings (SSSR count). The van der Waals surface area contributed by atoms with E-state index in [1.165, 1.54) is 5.56 Å². The highest BCUT2D eigenvalue weighted by Crippen LogP contribution is 2.22. The van der Waals surface area contributed by atoms with Crippen molar-refractivity contribution in [2.24, 2.45) is 0 Å². The average Bonchev–Trinajstić information content (AvgIpc) is 2.52. The minimum Gasteiger partial charge on any atom is -0.494 e. The third-order valence-corrected chi connectivity index (χ3v) is 3.85. The maximum Gasteiger partial charge on any atom is 0.226 e. The molecule has 4 nitrogen and oxygen atoms in total. The second-order valence-electron chi connectivity index (χ2n) is 5.43. The van der Waals surface area contributed by atoms with Crippen LogP contribution in [0, 0.1) is 6.92 Å². The number of aryl methyl sites for hydroxylation is 1. The maximum absolute atomic E-state index is 11.9. The van der Waals surface area contributed by atoms with Crippen LogP contribution in [0.15, 0.2) is 42.5 Å². The van der Waals surface area contributed by atoms with Crippen LogP contribution in [0.1, 0.15) is 18.4 Å². The molecule has 0 fully saturated rings. The molecule has 1 amide bonds. The highest BCUT2D eigenvalue weighted by Gasteiger charge is 2.06. The van der Waals surface area contributed by atoms with E-state index >= 15 is 0 Å². The zero-order valence-corrected chi connectivity index (χ0v) is 16.0. The standard InChI is InChI=1S/C18H18Cl2N2O2S/c1-12-4-6-16(7-5-12)24-8-2-3-17(23)22-18(25)21-15-10-13(19)9-14(20)11-15/h4-7,9-11H,2-3,8H2,1H3,(H2,21,22,23,25). The van der Waals surface area contributed by atoms with Crippen LogP contribution in [-0.4, -0.2) is 17.6 Å². The average molecular weight is 397 g/mol. The number of anilines is 1. The normalized spacial score (nSPS) is 10.2. The Kier molecular flexibility index (Phi) is 7.50. The number of benzene rings is 2. The van der Waals surface area contributed by atoms with Gasteiger partial charge >= 0.3 is 0 Å². The molecular weight excluding hydrogens is 379 g/mol. The molecule has 0 aliphatic carbocycles.